The number of nitrogen functional groups attached to an aromatic ring is 1. The standard InChI is InChI=1S/C15H19N3O2/c1-4-8-18(9-5-2)15(20)14(19)17-13-10-11(3)6-7-12(13)16/h4-7,10H,1-2,8-9,16H2,3H3,(H,17,19). The lowest BCUT2D eigenvalue weighted by Crippen LogP contribution is -2.40. The van der Waals surface area contributed by atoms with E-state index in [1.54, 1.807) is 24.3 Å². The van der Waals surface area contributed by atoms with E-state index in [-0.39, 0.29) is 13.1 Å². The molecule has 1 aromatic rings. The molecule has 1 rings (SSSR count). The van der Waals surface area contributed by atoms with Crippen molar-refractivity contribution in [2.45, 2.75) is 6.92 Å². The molecule has 3 N–H and O–H groups in total. The van der Waals surface area contributed by atoms with Crippen LogP contribution >= 0.6 is 0 Å². The summed E-state index contributed by atoms with van der Waals surface area (Å²) in [5.41, 5.74) is 7.54. The summed E-state index contributed by atoms with van der Waals surface area (Å²) in [6.07, 6.45) is 3.10. The third-order valence-electron chi connectivity index (χ3n) is 2.64. The van der Waals surface area contributed by atoms with Crippen molar-refractivity contribution in [1.82, 2.24) is 4.90 Å². The number of anilines is 2. The number of carbonyl (C=O) groups is 2. The number of hydrogen-bond acceptors (Lipinski definition) is 3. The molecule has 0 aliphatic heterocycles. The van der Waals surface area contributed by atoms with Crippen LogP contribution in [0.15, 0.2) is 43.5 Å². The van der Waals surface area contributed by atoms with Crippen LogP contribution in [0, 0.1) is 6.92 Å². The van der Waals surface area contributed by atoms with Gasteiger partial charge in [-0.1, -0.05) is 18.2 Å². The Balaban J connectivity index is 2.83. The van der Waals surface area contributed by atoms with Crippen molar-refractivity contribution in [1.29, 1.82) is 0 Å². The van der Waals surface area contributed by atoms with Gasteiger partial charge in [-0.05, 0) is 24.6 Å². The smallest absolute Gasteiger partial charge is 0.313 e. The van der Waals surface area contributed by atoms with Crippen molar-refractivity contribution in [3.8, 4) is 0 Å². The zero-order chi connectivity index (χ0) is 15.1. The highest BCUT2D eigenvalue weighted by atomic mass is 16.2. The fourth-order valence-corrected chi connectivity index (χ4v) is 1.65. The molecule has 0 aromatic heterocycles. The first kappa shape index (κ1) is 15.5. The van der Waals surface area contributed by atoms with Gasteiger partial charge in [0, 0.05) is 13.1 Å². The average Bonchev–Trinajstić information content (AvgIpc) is 2.41. The minimum absolute atomic E-state index is 0.279. The van der Waals surface area contributed by atoms with Crippen LogP contribution in [0.5, 0.6) is 0 Å². The van der Waals surface area contributed by atoms with Crippen molar-refractivity contribution in [3.05, 3.63) is 49.1 Å². The summed E-state index contributed by atoms with van der Waals surface area (Å²) in [5, 5.41) is 2.52. The molecule has 106 valence electrons. The molecule has 0 aliphatic carbocycles. The fourth-order valence-electron chi connectivity index (χ4n) is 1.65. The number of carbonyl (C=O) groups excluding carboxylic acids is 2. The Bertz CT molecular complexity index is 528. The molecule has 1 aromatic carbocycles. The zero-order valence-electron chi connectivity index (χ0n) is 11.6. The van der Waals surface area contributed by atoms with Crippen LogP contribution in [0.1, 0.15) is 5.56 Å². The third-order valence-corrected chi connectivity index (χ3v) is 2.64. The van der Waals surface area contributed by atoms with E-state index in [1.165, 1.54) is 4.90 Å². The van der Waals surface area contributed by atoms with Crippen LogP contribution in [0.25, 0.3) is 0 Å². The molecule has 2 amide bonds. The van der Waals surface area contributed by atoms with E-state index in [0.717, 1.165) is 5.56 Å². The Hall–Kier alpha value is -2.56. The molecule has 0 radical (unpaired) electrons. The van der Waals surface area contributed by atoms with Crippen molar-refractivity contribution >= 4 is 23.2 Å². The molecule has 0 fully saturated rings. The number of rotatable bonds is 5. The summed E-state index contributed by atoms with van der Waals surface area (Å²) in [7, 11) is 0. The Kier molecular flexibility index (Phi) is 5.53. The highest BCUT2D eigenvalue weighted by Gasteiger charge is 2.20. The van der Waals surface area contributed by atoms with Gasteiger partial charge in [0.25, 0.3) is 0 Å². The van der Waals surface area contributed by atoms with E-state index in [4.69, 9.17) is 5.73 Å². The van der Waals surface area contributed by atoms with Gasteiger partial charge in [-0.15, -0.1) is 13.2 Å². The molecule has 0 saturated carbocycles. The van der Waals surface area contributed by atoms with E-state index in [0.29, 0.717) is 11.4 Å². The van der Waals surface area contributed by atoms with Gasteiger partial charge < -0.3 is 16.0 Å². The van der Waals surface area contributed by atoms with Gasteiger partial charge in [0.2, 0.25) is 0 Å². The van der Waals surface area contributed by atoms with Gasteiger partial charge in [0.15, 0.2) is 0 Å². The number of hydrogen-bond donors (Lipinski definition) is 2. The van der Waals surface area contributed by atoms with E-state index in [2.05, 4.69) is 18.5 Å². The molecule has 20 heavy (non-hydrogen) atoms. The van der Waals surface area contributed by atoms with Gasteiger partial charge in [-0.2, -0.15) is 0 Å². The second-order valence-electron chi connectivity index (χ2n) is 4.33. The topological polar surface area (TPSA) is 75.4 Å². The maximum Gasteiger partial charge on any atom is 0.313 e. The summed E-state index contributed by atoms with van der Waals surface area (Å²) in [4.78, 5) is 25.3. The van der Waals surface area contributed by atoms with Crippen LogP contribution in [0.4, 0.5) is 11.4 Å². The third kappa shape index (κ3) is 3.98. The van der Waals surface area contributed by atoms with Gasteiger partial charge >= 0.3 is 11.8 Å². The number of benzene rings is 1. The molecule has 5 heteroatoms. The SMILES string of the molecule is C=CCN(CC=C)C(=O)C(=O)Nc1cc(C)ccc1N. The van der Waals surface area contributed by atoms with E-state index >= 15 is 0 Å². The summed E-state index contributed by atoms with van der Waals surface area (Å²) in [6, 6.07) is 5.22. The minimum atomic E-state index is -0.731. The normalized spacial score (nSPS) is 9.65. The molecule has 5 nitrogen and oxygen atoms in total. The van der Waals surface area contributed by atoms with E-state index in [1.807, 2.05) is 13.0 Å². The molecular weight excluding hydrogens is 254 g/mol. The summed E-state index contributed by atoms with van der Waals surface area (Å²) < 4.78 is 0. The van der Waals surface area contributed by atoms with Gasteiger partial charge in [0.1, 0.15) is 0 Å². The largest absolute Gasteiger partial charge is 0.397 e. The molecule has 0 aliphatic rings. The first-order valence-electron chi connectivity index (χ1n) is 6.17. The number of nitrogens with two attached hydrogens (primary N) is 1. The highest BCUT2D eigenvalue weighted by Crippen LogP contribution is 2.19. The van der Waals surface area contributed by atoms with Crippen LogP contribution in [-0.2, 0) is 9.59 Å². The summed E-state index contributed by atoms with van der Waals surface area (Å²) in [5.74, 6) is -1.38. The summed E-state index contributed by atoms with van der Waals surface area (Å²) in [6.45, 7) is 9.54. The predicted octanol–water partition coefficient (Wildman–Crippen LogP) is 1.72. The van der Waals surface area contributed by atoms with Gasteiger partial charge in [-0.3, -0.25) is 9.59 Å². The van der Waals surface area contributed by atoms with Crippen LogP contribution in [0.2, 0.25) is 0 Å². The number of nitrogens with zero attached hydrogens (tertiary/aromatic N) is 1. The first-order chi connectivity index (χ1) is 9.49. The molecule has 0 unspecified atom stereocenters. The maximum atomic E-state index is 12.0. The van der Waals surface area contributed by atoms with Crippen molar-refractivity contribution in [3.63, 3.8) is 0 Å². The lowest BCUT2D eigenvalue weighted by Gasteiger charge is -2.18. The summed E-state index contributed by atoms with van der Waals surface area (Å²) >= 11 is 0. The van der Waals surface area contributed by atoms with E-state index < -0.39 is 11.8 Å². The highest BCUT2D eigenvalue weighted by molar-refractivity contribution is 6.39. The zero-order valence-corrected chi connectivity index (χ0v) is 11.6. The Morgan fingerprint density at radius 2 is 1.90 bits per heavy atom. The molecular formula is C15H19N3O2. The number of nitrogens with one attached hydrogen (secondary N) is 1. The number of aryl methyl sites for hydroxylation is 1. The Morgan fingerprint density at radius 3 is 2.45 bits per heavy atom. The minimum Gasteiger partial charge on any atom is -0.397 e. The molecule has 0 saturated heterocycles. The second kappa shape index (κ2) is 7.13. The quantitative estimate of drug-likeness (QED) is 0.487. The van der Waals surface area contributed by atoms with Crippen LogP contribution in [0.3, 0.4) is 0 Å². The molecule has 0 atom stereocenters. The van der Waals surface area contributed by atoms with Crippen molar-refractivity contribution < 1.29 is 9.59 Å². The molecule has 0 spiro atoms. The average molecular weight is 273 g/mol. The second-order valence-corrected chi connectivity index (χ2v) is 4.33. The van der Waals surface area contributed by atoms with Crippen LogP contribution in [-0.4, -0.2) is 29.8 Å². The Labute approximate surface area is 118 Å². The predicted molar refractivity (Wildman–Crippen MR) is 81.2 cm³/mol. The molecule has 0 bridgehead atoms. The van der Waals surface area contributed by atoms with Crippen LogP contribution < -0.4 is 11.1 Å². The van der Waals surface area contributed by atoms with Gasteiger partial charge in [-0.25, -0.2) is 0 Å². The van der Waals surface area contributed by atoms with E-state index in [9.17, 15) is 9.59 Å². The lowest BCUT2D eigenvalue weighted by atomic mass is 10.2. The molecule has 0 heterocycles. The van der Waals surface area contributed by atoms with Crippen molar-refractivity contribution in [2.24, 2.45) is 0 Å². The Morgan fingerprint density at radius 1 is 1.30 bits per heavy atom. The maximum absolute atomic E-state index is 12.0. The monoisotopic (exact) mass is 273 g/mol. The first-order valence-corrected chi connectivity index (χ1v) is 6.17. The fraction of sp³-hybridized carbons (Fsp3) is 0.200. The van der Waals surface area contributed by atoms with Gasteiger partial charge in [0.05, 0.1) is 11.4 Å². The van der Waals surface area contributed by atoms with Crippen molar-refractivity contribution in [2.75, 3.05) is 24.1 Å². The lowest BCUT2D eigenvalue weighted by molar-refractivity contribution is -0.142. The number of amides is 2.